The summed E-state index contributed by atoms with van der Waals surface area (Å²) < 4.78 is 0. The van der Waals surface area contributed by atoms with Crippen LogP contribution in [0.2, 0.25) is 0 Å². The van der Waals surface area contributed by atoms with Gasteiger partial charge in [-0.1, -0.05) is 0 Å². The van der Waals surface area contributed by atoms with Crippen LogP contribution in [0.5, 0.6) is 0 Å². The monoisotopic (exact) mass is 211 g/mol. The van der Waals surface area contributed by atoms with Gasteiger partial charge in [0.05, 0.1) is 0 Å². The highest BCUT2D eigenvalue weighted by atomic mass is 15.3. The Bertz CT molecular complexity index is 207. The average molecular weight is 211 g/mol. The molecule has 88 valence electrons. The van der Waals surface area contributed by atoms with E-state index in [0.29, 0.717) is 11.6 Å². The van der Waals surface area contributed by atoms with Crippen LogP contribution in [0.1, 0.15) is 32.6 Å². The molecule has 2 N–H and O–H groups in total. The summed E-state index contributed by atoms with van der Waals surface area (Å²) in [7, 11) is 2.23. The topological polar surface area (TPSA) is 32.5 Å². The van der Waals surface area contributed by atoms with E-state index in [1.165, 1.54) is 45.3 Å². The van der Waals surface area contributed by atoms with Gasteiger partial charge in [0, 0.05) is 31.2 Å². The van der Waals surface area contributed by atoms with Crippen LogP contribution in [-0.4, -0.2) is 54.6 Å². The smallest absolute Gasteiger partial charge is 0.0335 e. The number of nitrogens with zero attached hydrogens (tertiary/aromatic N) is 2. The first kappa shape index (κ1) is 11.4. The summed E-state index contributed by atoms with van der Waals surface area (Å²) >= 11 is 0. The second-order valence-electron chi connectivity index (χ2n) is 5.44. The minimum absolute atomic E-state index is 0.366. The molecule has 0 aromatic carbocycles. The summed E-state index contributed by atoms with van der Waals surface area (Å²) in [6, 6.07) is 0.668. The Balaban J connectivity index is 2.06. The molecular weight excluding hydrogens is 186 g/mol. The van der Waals surface area contributed by atoms with Gasteiger partial charge in [-0.05, 0) is 46.2 Å². The van der Waals surface area contributed by atoms with E-state index in [0.717, 1.165) is 6.54 Å². The zero-order valence-electron chi connectivity index (χ0n) is 10.2. The second kappa shape index (κ2) is 4.40. The zero-order chi connectivity index (χ0) is 10.9. The Morgan fingerprint density at radius 3 is 2.53 bits per heavy atom. The van der Waals surface area contributed by atoms with Crippen LogP contribution >= 0.6 is 0 Å². The van der Waals surface area contributed by atoms with Gasteiger partial charge < -0.3 is 10.6 Å². The lowest BCUT2D eigenvalue weighted by atomic mass is 9.74. The molecule has 2 aliphatic rings. The van der Waals surface area contributed by atoms with Gasteiger partial charge in [-0.2, -0.15) is 0 Å². The first-order valence-corrected chi connectivity index (χ1v) is 6.33. The lowest BCUT2D eigenvalue weighted by molar-refractivity contribution is -0.00329. The first-order chi connectivity index (χ1) is 7.18. The molecule has 0 amide bonds. The molecule has 1 saturated heterocycles. The normalized spacial score (nSPS) is 33.4. The Labute approximate surface area is 93.6 Å². The molecule has 1 unspecified atom stereocenters. The van der Waals surface area contributed by atoms with E-state index in [-0.39, 0.29) is 0 Å². The largest absolute Gasteiger partial charge is 0.329 e. The molecule has 1 aliphatic heterocycles. The van der Waals surface area contributed by atoms with E-state index < -0.39 is 0 Å². The van der Waals surface area contributed by atoms with Crippen molar-refractivity contribution in [1.82, 2.24) is 9.80 Å². The molecule has 0 bridgehead atoms. The Kier molecular flexibility index (Phi) is 3.33. The van der Waals surface area contributed by atoms with Crippen molar-refractivity contribution in [1.29, 1.82) is 0 Å². The van der Waals surface area contributed by atoms with Gasteiger partial charge in [-0.15, -0.1) is 0 Å². The molecule has 0 aromatic rings. The highest BCUT2D eigenvalue weighted by Gasteiger charge is 2.43. The first-order valence-electron chi connectivity index (χ1n) is 6.33. The minimum atomic E-state index is 0.366. The van der Waals surface area contributed by atoms with Crippen LogP contribution in [0.3, 0.4) is 0 Å². The molecular formula is C12H25N3. The van der Waals surface area contributed by atoms with Crippen molar-refractivity contribution in [2.24, 2.45) is 5.73 Å². The lowest BCUT2D eigenvalue weighted by Gasteiger charge is -2.52. The maximum Gasteiger partial charge on any atom is 0.0335 e. The highest BCUT2D eigenvalue weighted by Crippen LogP contribution is 2.38. The maximum absolute atomic E-state index is 5.99. The molecule has 15 heavy (non-hydrogen) atoms. The van der Waals surface area contributed by atoms with Crippen molar-refractivity contribution >= 4 is 0 Å². The molecule has 1 heterocycles. The van der Waals surface area contributed by atoms with Crippen molar-refractivity contribution in [2.75, 3.05) is 33.2 Å². The van der Waals surface area contributed by atoms with E-state index in [1.807, 2.05) is 0 Å². The fourth-order valence-electron chi connectivity index (χ4n) is 3.27. The third kappa shape index (κ3) is 2.05. The predicted molar refractivity (Wildman–Crippen MR) is 63.9 cm³/mol. The van der Waals surface area contributed by atoms with Crippen LogP contribution in [-0.2, 0) is 0 Å². The number of hydrogen-bond donors (Lipinski definition) is 1. The van der Waals surface area contributed by atoms with Crippen molar-refractivity contribution in [3.63, 3.8) is 0 Å². The van der Waals surface area contributed by atoms with Gasteiger partial charge in [0.1, 0.15) is 0 Å². The van der Waals surface area contributed by atoms with Crippen LogP contribution < -0.4 is 5.73 Å². The molecule has 1 aliphatic carbocycles. The summed E-state index contributed by atoms with van der Waals surface area (Å²) in [5.74, 6) is 0. The van der Waals surface area contributed by atoms with Crippen LogP contribution in [0, 0.1) is 0 Å². The van der Waals surface area contributed by atoms with Crippen LogP contribution in [0.15, 0.2) is 0 Å². The molecule has 0 spiro atoms. The molecule has 0 aromatic heterocycles. The number of nitrogens with two attached hydrogens (primary N) is 1. The summed E-state index contributed by atoms with van der Waals surface area (Å²) in [6.07, 6.45) is 5.30. The standard InChI is InChI=1S/C12H25N3/c1-11-9-14(2)7-4-8-15(11)12(10-13)5-3-6-12/h11H,3-10,13H2,1-2H3. The SMILES string of the molecule is CC1CN(C)CCCN1C1(CN)CCC1. The van der Waals surface area contributed by atoms with Crippen molar-refractivity contribution in [3.8, 4) is 0 Å². The average Bonchev–Trinajstić information content (AvgIpc) is 2.28. The Morgan fingerprint density at radius 1 is 1.27 bits per heavy atom. The molecule has 2 fully saturated rings. The van der Waals surface area contributed by atoms with Gasteiger partial charge in [-0.25, -0.2) is 0 Å². The van der Waals surface area contributed by atoms with E-state index in [2.05, 4.69) is 23.8 Å². The molecule has 0 radical (unpaired) electrons. The quantitative estimate of drug-likeness (QED) is 0.736. The van der Waals surface area contributed by atoms with E-state index in [1.54, 1.807) is 0 Å². The molecule has 2 rings (SSSR count). The fourth-order valence-corrected chi connectivity index (χ4v) is 3.27. The third-order valence-electron chi connectivity index (χ3n) is 4.32. The molecule has 1 saturated carbocycles. The Hall–Kier alpha value is -0.120. The van der Waals surface area contributed by atoms with Gasteiger partial charge in [0.25, 0.3) is 0 Å². The Morgan fingerprint density at radius 2 is 2.00 bits per heavy atom. The zero-order valence-corrected chi connectivity index (χ0v) is 10.2. The molecule has 1 atom stereocenters. The van der Waals surface area contributed by atoms with Crippen LogP contribution in [0.25, 0.3) is 0 Å². The van der Waals surface area contributed by atoms with Crippen molar-refractivity contribution in [2.45, 2.75) is 44.2 Å². The van der Waals surface area contributed by atoms with Gasteiger partial charge in [0.2, 0.25) is 0 Å². The second-order valence-corrected chi connectivity index (χ2v) is 5.44. The summed E-state index contributed by atoms with van der Waals surface area (Å²) in [5, 5.41) is 0. The fraction of sp³-hybridized carbons (Fsp3) is 1.00. The summed E-state index contributed by atoms with van der Waals surface area (Å²) in [5.41, 5.74) is 6.36. The lowest BCUT2D eigenvalue weighted by Crippen LogP contribution is -2.61. The van der Waals surface area contributed by atoms with Crippen molar-refractivity contribution < 1.29 is 0 Å². The third-order valence-corrected chi connectivity index (χ3v) is 4.32. The highest BCUT2D eigenvalue weighted by molar-refractivity contribution is 5.01. The van der Waals surface area contributed by atoms with E-state index >= 15 is 0 Å². The van der Waals surface area contributed by atoms with Gasteiger partial charge in [-0.3, -0.25) is 4.90 Å². The van der Waals surface area contributed by atoms with Gasteiger partial charge >= 0.3 is 0 Å². The number of hydrogen-bond acceptors (Lipinski definition) is 3. The van der Waals surface area contributed by atoms with Crippen molar-refractivity contribution in [3.05, 3.63) is 0 Å². The molecule has 3 nitrogen and oxygen atoms in total. The number of rotatable bonds is 2. The van der Waals surface area contributed by atoms with Gasteiger partial charge in [0.15, 0.2) is 0 Å². The summed E-state index contributed by atoms with van der Waals surface area (Å²) in [6.45, 7) is 6.88. The van der Waals surface area contributed by atoms with E-state index in [9.17, 15) is 0 Å². The minimum Gasteiger partial charge on any atom is -0.329 e. The number of likely N-dealkylation sites (N-methyl/N-ethyl adjacent to an activating group) is 1. The summed E-state index contributed by atoms with van der Waals surface area (Å²) in [4.78, 5) is 5.15. The predicted octanol–water partition coefficient (Wildman–Crippen LogP) is 0.894. The maximum atomic E-state index is 5.99. The van der Waals surface area contributed by atoms with Crippen LogP contribution in [0.4, 0.5) is 0 Å². The molecule has 3 heteroatoms. The van der Waals surface area contributed by atoms with E-state index in [4.69, 9.17) is 5.73 Å².